The van der Waals surface area contributed by atoms with Crippen LogP contribution in [0.3, 0.4) is 0 Å². The maximum atomic E-state index is 12.7. The Kier molecular flexibility index (Phi) is 6.60. The molecule has 1 fully saturated rings. The smallest absolute Gasteiger partial charge is 0.326 e. The van der Waals surface area contributed by atoms with Crippen molar-refractivity contribution in [1.82, 2.24) is 4.90 Å². The first-order valence-corrected chi connectivity index (χ1v) is 7.43. The van der Waals surface area contributed by atoms with Crippen LogP contribution < -0.4 is 5.73 Å². The van der Waals surface area contributed by atoms with Crippen molar-refractivity contribution >= 4 is 0 Å². The molecule has 1 rings (SSSR count). The molecule has 0 aliphatic heterocycles. The molecule has 0 spiro atoms. The highest BCUT2D eigenvalue weighted by atomic mass is 19.4. The Balaban J connectivity index is 2.68. The van der Waals surface area contributed by atoms with E-state index in [2.05, 4.69) is 6.92 Å². The molecule has 0 saturated heterocycles. The third-order valence-corrected chi connectivity index (χ3v) is 4.04. The average Bonchev–Trinajstić information content (AvgIpc) is 2.30. The third kappa shape index (κ3) is 5.69. The lowest BCUT2D eigenvalue weighted by Gasteiger charge is -2.41. The van der Waals surface area contributed by atoms with Gasteiger partial charge >= 0.3 is 6.18 Å². The van der Waals surface area contributed by atoms with Gasteiger partial charge in [-0.1, -0.05) is 26.7 Å². The van der Waals surface area contributed by atoms with Crippen molar-refractivity contribution in [3.05, 3.63) is 0 Å². The molecule has 0 aromatic carbocycles. The van der Waals surface area contributed by atoms with Crippen LogP contribution >= 0.6 is 0 Å². The van der Waals surface area contributed by atoms with Gasteiger partial charge in [-0.25, -0.2) is 0 Å². The van der Waals surface area contributed by atoms with E-state index >= 15 is 0 Å². The van der Waals surface area contributed by atoms with Crippen molar-refractivity contribution in [1.29, 1.82) is 0 Å². The van der Waals surface area contributed by atoms with Crippen LogP contribution in [0.25, 0.3) is 0 Å². The molecule has 3 atom stereocenters. The van der Waals surface area contributed by atoms with Crippen molar-refractivity contribution in [2.75, 3.05) is 13.1 Å². The highest BCUT2D eigenvalue weighted by Crippen LogP contribution is 2.31. The number of alkyl halides is 3. The number of nitrogens with two attached hydrogens (primary N) is 1. The maximum Gasteiger partial charge on any atom is 0.401 e. The molecule has 0 aromatic heterocycles. The molecule has 2 N–H and O–H groups in total. The predicted octanol–water partition coefficient (Wildman–Crippen LogP) is 3.56. The van der Waals surface area contributed by atoms with E-state index in [4.69, 9.17) is 5.73 Å². The van der Waals surface area contributed by atoms with Crippen molar-refractivity contribution in [3.63, 3.8) is 0 Å². The van der Waals surface area contributed by atoms with Crippen LogP contribution in [-0.4, -0.2) is 36.2 Å². The van der Waals surface area contributed by atoms with Crippen LogP contribution in [0.1, 0.15) is 52.4 Å². The highest BCUT2D eigenvalue weighted by Gasteiger charge is 2.38. The molecule has 19 heavy (non-hydrogen) atoms. The first-order chi connectivity index (χ1) is 8.87. The zero-order valence-corrected chi connectivity index (χ0v) is 12.0. The molecule has 0 radical (unpaired) electrons. The Hall–Kier alpha value is -0.290. The number of hydrogen-bond acceptors (Lipinski definition) is 2. The van der Waals surface area contributed by atoms with Gasteiger partial charge in [-0.2, -0.15) is 13.2 Å². The van der Waals surface area contributed by atoms with E-state index in [1.807, 2.05) is 6.92 Å². The summed E-state index contributed by atoms with van der Waals surface area (Å²) in [5.41, 5.74) is 6.08. The van der Waals surface area contributed by atoms with Crippen molar-refractivity contribution in [3.8, 4) is 0 Å². The lowest BCUT2D eigenvalue weighted by molar-refractivity contribution is -0.153. The van der Waals surface area contributed by atoms with Gasteiger partial charge in [-0.3, -0.25) is 4.90 Å². The molecule has 0 heterocycles. The molecule has 1 aliphatic rings. The Labute approximate surface area is 114 Å². The molecule has 5 heteroatoms. The standard InChI is InChI=1S/C14H27F3N2/c1-3-5-11-6-7-12(18)13(9-11)19(8-4-2)10-14(15,16)17/h11-13H,3-10,18H2,1-2H3. The SMILES string of the molecule is CCCC1CCC(N)C(N(CCC)CC(F)(F)F)C1. The summed E-state index contributed by atoms with van der Waals surface area (Å²) in [7, 11) is 0. The lowest BCUT2D eigenvalue weighted by atomic mass is 9.79. The topological polar surface area (TPSA) is 29.3 Å². The number of nitrogens with zero attached hydrogens (tertiary/aromatic N) is 1. The van der Waals surface area contributed by atoms with Gasteiger partial charge in [-0.05, 0) is 38.1 Å². The average molecular weight is 280 g/mol. The Morgan fingerprint density at radius 1 is 1.16 bits per heavy atom. The predicted molar refractivity (Wildman–Crippen MR) is 71.9 cm³/mol. The van der Waals surface area contributed by atoms with Gasteiger partial charge in [0.05, 0.1) is 6.54 Å². The van der Waals surface area contributed by atoms with Crippen LogP contribution in [0.2, 0.25) is 0 Å². The van der Waals surface area contributed by atoms with Crippen LogP contribution in [-0.2, 0) is 0 Å². The molecule has 1 saturated carbocycles. The van der Waals surface area contributed by atoms with Gasteiger partial charge in [0.1, 0.15) is 0 Å². The summed E-state index contributed by atoms with van der Waals surface area (Å²) < 4.78 is 38.0. The lowest BCUT2D eigenvalue weighted by Crippen LogP contribution is -2.53. The zero-order valence-electron chi connectivity index (χ0n) is 12.0. The van der Waals surface area contributed by atoms with E-state index in [9.17, 15) is 13.2 Å². The van der Waals surface area contributed by atoms with Gasteiger partial charge in [0.2, 0.25) is 0 Å². The summed E-state index contributed by atoms with van der Waals surface area (Å²) in [6, 6.07) is -0.214. The van der Waals surface area contributed by atoms with Gasteiger partial charge in [0.15, 0.2) is 0 Å². The van der Waals surface area contributed by atoms with Crippen LogP contribution in [0, 0.1) is 5.92 Å². The van der Waals surface area contributed by atoms with Crippen LogP contribution in [0.4, 0.5) is 13.2 Å². The summed E-state index contributed by atoms with van der Waals surface area (Å²) in [6.45, 7) is 3.71. The van der Waals surface area contributed by atoms with E-state index in [1.54, 1.807) is 4.90 Å². The fraction of sp³-hybridized carbons (Fsp3) is 1.00. The number of rotatable bonds is 6. The molecule has 0 amide bonds. The summed E-state index contributed by atoms with van der Waals surface area (Å²) in [5.74, 6) is 0.544. The quantitative estimate of drug-likeness (QED) is 0.806. The van der Waals surface area contributed by atoms with E-state index in [0.29, 0.717) is 12.5 Å². The first-order valence-electron chi connectivity index (χ1n) is 7.43. The second-order valence-corrected chi connectivity index (χ2v) is 5.78. The summed E-state index contributed by atoms with van der Waals surface area (Å²) in [4.78, 5) is 1.56. The van der Waals surface area contributed by atoms with Gasteiger partial charge in [0.25, 0.3) is 0 Å². The van der Waals surface area contributed by atoms with Crippen molar-refractivity contribution in [2.45, 2.75) is 70.6 Å². The van der Waals surface area contributed by atoms with Crippen LogP contribution in [0.15, 0.2) is 0 Å². The molecule has 0 bridgehead atoms. The molecular weight excluding hydrogens is 253 g/mol. The Morgan fingerprint density at radius 3 is 2.37 bits per heavy atom. The maximum absolute atomic E-state index is 12.7. The third-order valence-electron chi connectivity index (χ3n) is 4.04. The normalized spacial score (nSPS) is 28.9. The van der Waals surface area contributed by atoms with E-state index in [-0.39, 0.29) is 12.1 Å². The fourth-order valence-corrected chi connectivity index (χ4v) is 3.22. The van der Waals surface area contributed by atoms with Gasteiger partial charge < -0.3 is 5.73 Å². The minimum atomic E-state index is -4.13. The van der Waals surface area contributed by atoms with E-state index in [1.165, 1.54) is 0 Å². The molecule has 0 aromatic rings. The first kappa shape index (κ1) is 16.8. The van der Waals surface area contributed by atoms with Crippen molar-refractivity contribution in [2.24, 2.45) is 11.7 Å². The van der Waals surface area contributed by atoms with Gasteiger partial charge in [0, 0.05) is 12.1 Å². The summed E-state index contributed by atoms with van der Waals surface area (Å²) >= 11 is 0. The molecule has 114 valence electrons. The van der Waals surface area contributed by atoms with Gasteiger partial charge in [-0.15, -0.1) is 0 Å². The number of halogens is 3. The van der Waals surface area contributed by atoms with Crippen molar-refractivity contribution < 1.29 is 13.2 Å². The second-order valence-electron chi connectivity index (χ2n) is 5.78. The minimum absolute atomic E-state index is 0.105. The monoisotopic (exact) mass is 280 g/mol. The zero-order chi connectivity index (χ0) is 14.5. The summed E-state index contributed by atoms with van der Waals surface area (Å²) in [5, 5.41) is 0. The van der Waals surface area contributed by atoms with E-state index in [0.717, 1.165) is 38.5 Å². The summed E-state index contributed by atoms with van der Waals surface area (Å²) in [6.07, 6.45) is 1.55. The Morgan fingerprint density at radius 2 is 1.84 bits per heavy atom. The minimum Gasteiger partial charge on any atom is -0.326 e. The highest BCUT2D eigenvalue weighted by molar-refractivity contribution is 4.90. The fourth-order valence-electron chi connectivity index (χ4n) is 3.22. The molecule has 1 aliphatic carbocycles. The Bertz CT molecular complexity index is 256. The number of hydrogen-bond donors (Lipinski definition) is 1. The molecule has 2 nitrogen and oxygen atoms in total. The van der Waals surface area contributed by atoms with Crippen LogP contribution in [0.5, 0.6) is 0 Å². The molecular formula is C14H27F3N2. The largest absolute Gasteiger partial charge is 0.401 e. The van der Waals surface area contributed by atoms with E-state index < -0.39 is 12.7 Å². The second kappa shape index (κ2) is 7.48. The molecule has 3 unspecified atom stereocenters.